The number of nitrogens with two attached hydrogens (primary N) is 1. The van der Waals surface area contributed by atoms with E-state index in [0.29, 0.717) is 11.1 Å². The van der Waals surface area contributed by atoms with Gasteiger partial charge in [0.1, 0.15) is 12.1 Å². The third-order valence-corrected chi connectivity index (χ3v) is 3.25. The van der Waals surface area contributed by atoms with Gasteiger partial charge in [-0.2, -0.15) is 10.0 Å². The van der Waals surface area contributed by atoms with Gasteiger partial charge in [-0.1, -0.05) is 29.4 Å². The monoisotopic (exact) mass is 280 g/mol. The molecule has 2 aromatic carbocycles. The Morgan fingerprint density at radius 1 is 1.19 bits per heavy atom. The Morgan fingerprint density at radius 3 is 2.62 bits per heavy atom. The minimum atomic E-state index is -0.502. The number of aromatic nitrogens is 2. The van der Waals surface area contributed by atoms with Crippen LogP contribution in [-0.2, 0) is 6.54 Å². The molecule has 3 aromatic rings. The Morgan fingerprint density at radius 2 is 1.95 bits per heavy atom. The summed E-state index contributed by atoms with van der Waals surface area (Å²) in [5, 5.41) is 8.10. The topological polar surface area (TPSA) is 90.3 Å². The van der Waals surface area contributed by atoms with Crippen molar-refractivity contribution >= 4 is 16.8 Å². The Labute approximate surface area is 120 Å². The SMILES string of the molecule is NC(=O)c1cccc2cn(-c3ccc(CN=O)cc3)nc12. The molecule has 21 heavy (non-hydrogen) atoms. The average Bonchev–Trinajstić information content (AvgIpc) is 2.92. The van der Waals surface area contributed by atoms with Gasteiger partial charge in [-0.05, 0) is 23.8 Å². The van der Waals surface area contributed by atoms with Crippen LogP contribution in [0.2, 0.25) is 0 Å². The smallest absolute Gasteiger partial charge is 0.250 e. The second-order valence-electron chi connectivity index (χ2n) is 4.63. The highest BCUT2D eigenvalue weighted by Gasteiger charge is 2.10. The van der Waals surface area contributed by atoms with Gasteiger partial charge < -0.3 is 5.73 Å². The van der Waals surface area contributed by atoms with Crippen molar-refractivity contribution in [2.24, 2.45) is 10.9 Å². The number of primary amides is 1. The van der Waals surface area contributed by atoms with Crippen molar-refractivity contribution in [3.05, 3.63) is 64.7 Å². The fraction of sp³-hybridized carbons (Fsp3) is 0.0667. The number of fused-ring (bicyclic) bond motifs is 1. The van der Waals surface area contributed by atoms with Gasteiger partial charge in [0, 0.05) is 11.6 Å². The molecule has 0 fully saturated rings. The summed E-state index contributed by atoms with van der Waals surface area (Å²) >= 11 is 0. The molecule has 0 atom stereocenters. The molecule has 104 valence electrons. The highest BCUT2D eigenvalue weighted by molar-refractivity contribution is 6.04. The van der Waals surface area contributed by atoms with E-state index in [1.54, 1.807) is 16.8 Å². The number of carbonyl (C=O) groups excluding carboxylic acids is 1. The molecule has 0 spiro atoms. The summed E-state index contributed by atoms with van der Waals surface area (Å²) in [5.41, 5.74) is 7.99. The van der Waals surface area contributed by atoms with Crippen LogP contribution >= 0.6 is 0 Å². The van der Waals surface area contributed by atoms with Gasteiger partial charge in [0.15, 0.2) is 0 Å². The Bertz CT molecular complexity index is 821. The average molecular weight is 280 g/mol. The standard InChI is InChI=1S/C15H12N4O2/c16-15(20)13-3-1-2-11-9-19(18-14(11)13)12-6-4-10(5-7-12)8-17-21/h1-7,9H,8H2,(H2,16,20). The zero-order valence-electron chi connectivity index (χ0n) is 11.1. The lowest BCUT2D eigenvalue weighted by atomic mass is 10.1. The minimum Gasteiger partial charge on any atom is -0.366 e. The molecule has 0 saturated carbocycles. The first-order valence-electron chi connectivity index (χ1n) is 6.35. The Kier molecular flexibility index (Phi) is 3.19. The molecule has 6 heteroatoms. The molecule has 3 rings (SSSR count). The van der Waals surface area contributed by atoms with E-state index in [1.807, 2.05) is 36.5 Å². The predicted molar refractivity (Wildman–Crippen MR) is 79.1 cm³/mol. The molecule has 1 heterocycles. The van der Waals surface area contributed by atoms with Gasteiger partial charge in [-0.3, -0.25) is 4.79 Å². The zero-order valence-corrected chi connectivity index (χ0v) is 11.1. The quantitative estimate of drug-likeness (QED) is 0.744. The zero-order chi connectivity index (χ0) is 14.8. The molecular weight excluding hydrogens is 268 g/mol. The molecule has 1 amide bonds. The van der Waals surface area contributed by atoms with Crippen LogP contribution in [0.25, 0.3) is 16.6 Å². The summed E-state index contributed by atoms with van der Waals surface area (Å²) in [6.45, 7) is 0.146. The van der Waals surface area contributed by atoms with Crippen LogP contribution < -0.4 is 5.73 Å². The predicted octanol–water partition coefficient (Wildman–Crippen LogP) is 2.39. The molecule has 0 bridgehead atoms. The molecule has 0 aliphatic heterocycles. The summed E-state index contributed by atoms with van der Waals surface area (Å²) in [7, 11) is 0. The molecule has 0 unspecified atom stereocenters. The van der Waals surface area contributed by atoms with E-state index < -0.39 is 5.91 Å². The van der Waals surface area contributed by atoms with Crippen molar-refractivity contribution in [3.8, 4) is 5.69 Å². The van der Waals surface area contributed by atoms with E-state index in [1.165, 1.54) is 0 Å². The minimum absolute atomic E-state index is 0.146. The van der Waals surface area contributed by atoms with Gasteiger partial charge >= 0.3 is 0 Å². The molecule has 0 radical (unpaired) electrons. The first-order chi connectivity index (χ1) is 10.2. The first kappa shape index (κ1) is 13.0. The van der Waals surface area contributed by atoms with E-state index in [9.17, 15) is 9.70 Å². The van der Waals surface area contributed by atoms with Crippen molar-refractivity contribution in [1.82, 2.24) is 9.78 Å². The van der Waals surface area contributed by atoms with Gasteiger partial charge in [-0.25, -0.2) is 4.68 Å². The van der Waals surface area contributed by atoms with Gasteiger partial charge in [0.25, 0.3) is 5.91 Å². The van der Waals surface area contributed by atoms with Crippen molar-refractivity contribution in [2.75, 3.05) is 0 Å². The molecule has 6 nitrogen and oxygen atoms in total. The lowest BCUT2D eigenvalue weighted by Gasteiger charge is -2.01. The fourth-order valence-electron chi connectivity index (χ4n) is 2.21. The fourth-order valence-corrected chi connectivity index (χ4v) is 2.21. The maximum absolute atomic E-state index is 11.4. The highest BCUT2D eigenvalue weighted by atomic mass is 16.3. The molecular formula is C15H12N4O2. The Hall–Kier alpha value is -3.02. The molecule has 0 saturated heterocycles. The van der Waals surface area contributed by atoms with Crippen molar-refractivity contribution in [3.63, 3.8) is 0 Å². The van der Waals surface area contributed by atoms with Crippen LogP contribution in [0, 0.1) is 4.91 Å². The molecule has 0 aliphatic carbocycles. The van der Waals surface area contributed by atoms with Gasteiger partial charge in [0.2, 0.25) is 0 Å². The lowest BCUT2D eigenvalue weighted by Crippen LogP contribution is -2.11. The van der Waals surface area contributed by atoms with Crippen LogP contribution in [0.3, 0.4) is 0 Å². The van der Waals surface area contributed by atoms with Crippen LogP contribution in [0.15, 0.2) is 53.8 Å². The van der Waals surface area contributed by atoms with Gasteiger partial charge in [-0.15, -0.1) is 0 Å². The van der Waals surface area contributed by atoms with Crippen LogP contribution in [-0.4, -0.2) is 15.7 Å². The molecule has 1 aromatic heterocycles. The molecule has 2 N–H and O–H groups in total. The number of hydrogen-bond acceptors (Lipinski definition) is 4. The normalized spacial score (nSPS) is 10.7. The lowest BCUT2D eigenvalue weighted by molar-refractivity contribution is 0.100. The number of rotatable bonds is 4. The van der Waals surface area contributed by atoms with Crippen LogP contribution in [0.4, 0.5) is 0 Å². The summed E-state index contributed by atoms with van der Waals surface area (Å²) in [4.78, 5) is 21.6. The Balaban J connectivity index is 2.06. The number of nitroso groups, excluding NO2 is 1. The van der Waals surface area contributed by atoms with Gasteiger partial charge in [0.05, 0.1) is 11.3 Å². The maximum atomic E-state index is 11.4. The number of hydrogen-bond donors (Lipinski definition) is 1. The van der Waals surface area contributed by atoms with E-state index in [0.717, 1.165) is 16.6 Å². The first-order valence-corrected chi connectivity index (χ1v) is 6.35. The summed E-state index contributed by atoms with van der Waals surface area (Å²) in [6, 6.07) is 12.6. The van der Waals surface area contributed by atoms with Crippen molar-refractivity contribution < 1.29 is 4.79 Å². The third kappa shape index (κ3) is 2.38. The van der Waals surface area contributed by atoms with E-state index in [4.69, 9.17) is 5.73 Å². The van der Waals surface area contributed by atoms with E-state index >= 15 is 0 Å². The summed E-state index contributed by atoms with van der Waals surface area (Å²) in [6.07, 6.45) is 1.83. The number of amides is 1. The summed E-state index contributed by atoms with van der Waals surface area (Å²) < 4.78 is 1.68. The number of benzene rings is 2. The number of carbonyl (C=O) groups is 1. The second-order valence-corrected chi connectivity index (χ2v) is 4.63. The van der Waals surface area contributed by atoms with Crippen molar-refractivity contribution in [2.45, 2.75) is 6.54 Å². The maximum Gasteiger partial charge on any atom is 0.250 e. The van der Waals surface area contributed by atoms with E-state index in [2.05, 4.69) is 10.3 Å². The van der Waals surface area contributed by atoms with E-state index in [-0.39, 0.29) is 6.54 Å². The summed E-state index contributed by atoms with van der Waals surface area (Å²) in [5.74, 6) is -0.502. The largest absolute Gasteiger partial charge is 0.366 e. The van der Waals surface area contributed by atoms with Crippen molar-refractivity contribution in [1.29, 1.82) is 0 Å². The third-order valence-electron chi connectivity index (χ3n) is 3.25. The van der Waals surface area contributed by atoms with Crippen LogP contribution in [0.5, 0.6) is 0 Å². The van der Waals surface area contributed by atoms with Crippen LogP contribution in [0.1, 0.15) is 15.9 Å². The second kappa shape index (κ2) is 5.16. The number of nitrogens with zero attached hydrogens (tertiary/aromatic N) is 3. The highest BCUT2D eigenvalue weighted by Crippen LogP contribution is 2.19. The molecule has 0 aliphatic rings.